The zero-order valence-corrected chi connectivity index (χ0v) is 8.29. The van der Waals surface area contributed by atoms with E-state index in [1.54, 1.807) is 0 Å². The Morgan fingerprint density at radius 2 is 1.86 bits per heavy atom. The summed E-state index contributed by atoms with van der Waals surface area (Å²) in [7, 11) is 3.64. The molecule has 4 heteroatoms. The Bertz CT molecular complexity index is 326. The highest BCUT2D eigenvalue weighted by Gasteiger charge is 2.09. The van der Waals surface area contributed by atoms with Gasteiger partial charge in [-0.15, -0.1) is 0 Å². The SMILES string of the molecule is CN(C)Cc1cc(F)cc(CO)c1O. The lowest BCUT2D eigenvalue weighted by molar-refractivity contribution is 0.273. The molecule has 1 aromatic carbocycles. The highest BCUT2D eigenvalue weighted by Crippen LogP contribution is 2.24. The van der Waals surface area contributed by atoms with Gasteiger partial charge in [-0.3, -0.25) is 0 Å². The summed E-state index contributed by atoms with van der Waals surface area (Å²) in [6.45, 7) is 0.0839. The monoisotopic (exact) mass is 199 g/mol. The van der Waals surface area contributed by atoms with Gasteiger partial charge >= 0.3 is 0 Å². The van der Waals surface area contributed by atoms with Crippen molar-refractivity contribution in [2.45, 2.75) is 13.2 Å². The summed E-state index contributed by atoms with van der Waals surface area (Å²) in [5, 5.41) is 18.5. The van der Waals surface area contributed by atoms with Crippen LogP contribution < -0.4 is 0 Å². The fourth-order valence-electron chi connectivity index (χ4n) is 1.30. The van der Waals surface area contributed by atoms with E-state index in [9.17, 15) is 9.50 Å². The Balaban J connectivity index is 3.08. The molecule has 0 saturated carbocycles. The van der Waals surface area contributed by atoms with Crippen LogP contribution in [-0.4, -0.2) is 29.2 Å². The summed E-state index contributed by atoms with van der Waals surface area (Å²) in [6.07, 6.45) is 0. The van der Waals surface area contributed by atoms with Gasteiger partial charge in [0.15, 0.2) is 0 Å². The van der Waals surface area contributed by atoms with Crippen LogP contribution in [0.15, 0.2) is 12.1 Å². The summed E-state index contributed by atoms with van der Waals surface area (Å²) >= 11 is 0. The van der Waals surface area contributed by atoms with Crippen LogP contribution in [0.5, 0.6) is 5.75 Å². The van der Waals surface area contributed by atoms with E-state index in [4.69, 9.17) is 5.11 Å². The highest BCUT2D eigenvalue weighted by molar-refractivity contribution is 5.40. The summed E-state index contributed by atoms with van der Waals surface area (Å²) in [5.41, 5.74) is 0.709. The van der Waals surface area contributed by atoms with Crippen LogP contribution in [-0.2, 0) is 13.2 Å². The molecule has 0 bridgehead atoms. The molecule has 14 heavy (non-hydrogen) atoms. The minimum absolute atomic E-state index is 0.0254. The van der Waals surface area contributed by atoms with E-state index in [-0.39, 0.29) is 17.9 Å². The van der Waals surface area contributed by atoms with E-state index in [2.05, 4.69) is 0 Å². The van der Waals surface area contributed by atoms with Crippen LogP contribution in [0.2, 0.25) is 0 Å². The van der Waals surface area contributed by atoms with Crippen molar-refractivity contribution < 1.29 is 14.6 Å². The van der Waals surface area contributed by atoms with Gasteiger partial charge in [0.2, 0.25) is 0 Å². The van der Waals surface area contributed by atoms with Gasteiger partial charge in [-0.25, -0.2) is 4.39 Å². The summed E-state index contributed by atoms with van der Waals surface area (Å²) < 4.78 is 13.0. The topological polar surface area (TPSA) is 43.7 Å². The van der Waals surface area contributed by atoms with Crippen molar-refractivity contribution in [2.24, 2.45) is 0 Å². The lowest BCUT2D eigenvalue weighted by atomic mass is 10.1. The first kappa shape index (κ1) is 10.9. The van der Waals surface area contributed by atoms with Crippen LogP contribution in [0.1, 0.15) is 11.1 Å². The molecular weight excluding hydrogens is 185 g/mol. The molecule has 1 rings (SSSR count). The maximum Gasteiger partial charge on any atom is 0.125 e. The van der Waals surface area contributed by atoms with Crippen molar-refractivity contribution in [1.29, 1.82) is 0 Å². The molecule has 0 saturated heterocycles. The Labute approximate surface area is 82.4 Å². The fraction of sp³-hybridized carbons (Fsp3) is 0.400. The van der Waals surface area contributed by atoms with Crippen molar-refractivity contribution in [3.8, 4) is 5.75 Å². The van der Waals surface area contributed by atoms with Crippen molar-refractivity contribution in [2.75, 3.05) is 14.1 Å². The Morgan fingerprint density at radius 3 is 2.36 bits per heavy atom. The number of aliphatic hydroxyl groups excluding tert-OH is 1. The van der Waals surface area contributed by atoms with Crippen LogP contribution >= 0.6 is 0 Å². The van der Waals surface area contributed by atoms with E-state index >= 15 is 0 Å². The number of nitrogens with zero attached hydrogens (tertiary/aromatic N) is 1. The Kier molecular flexibility index (Phi) is 3.43. The second-order valence-corrected chi connectivity index (χ2v) is 3.47. The van der Waals surface area contributed by atoms with Gasteiger partial charge in [0.05, 0.1) is 6.61 Å². The number of aliphatic hydroxyl groups is 1. The van der Waals surface area contributed by atoms with Gasteiger partial charge < -0.3 is 15.1 Å². The molecule has 0 fully saturated rings. The molecule has 0 unspecified atom stereocenters. The second-order valence-electron chi connectivity index (χ2n) is 3.47. The molecule has 3 nitrogen and oxygen atoms in total. The summed E-state index contributed by atoms with van der Waals surface area (Å²) in [5.74, 6) is -0.466. The number of rotatable bonds is 3. The van der Waals surface area contributed by atoms with Gasteiger partial charge in [0, 0.05) is 17.7 Å². The van der Waals surface area contributed by atoms with Crippen molar-refractivity contribution >= 4 is 0 Å². The molecular formula is C10H14FNO2. The van der Waals surface area contributed by atoms with Crippen LogP contribution in [0.25, 0.3) is 0 Å². The predicted molar refractivity (Wildman–Crippen MR) is 51.4 cm³/mol. The molecule has 0 radical (unpaired) electrons. The molecule has 0 heterocycles. The Hall–Kier alpha value is -1.13. The number of aromatic hydroxyl groups is 1. The first-order valence-electron chi connectivity index (χ1n) is 4.30. The number of hydrogen-bond acceptors (Lipinski definition) is 3. The maximum absolute atomic E-state index is 13.0. The maximum atomic E-state index is 13.0. The Morgan fingerprint density at radius 1 is 1.29 bits per heavy atom. The molecule has 0 amide bonds. The molecule has 0 aliphatic heterocycles. The average molecular weight is 199 g/mol. The zero-order valence-electron chi connectivity index (χ0n) is 8.29. The number of halogens is 1. The van der Waals surface area contributed by atoms with Crippen LogP contribution in [0.4, 0.5) is 4.39 Å². The third-order valence-corrected chi connectivity index (χ3v) is 1.89. The van der Waals surface area contributed by atoms with Gasteiger partial charge in [0.1, 0.15) is 11.6 Å². The lowest BCUT2D eigenvalue weighted by Crippen LogP contribution is -2.11. The molecule has 0 aromatic heterocycles. The number of benzene rings is 1. The molecule has 2 N–H and O–H groups in total. The van der Waals surface area contributed by atoms with E-state index in [1.807, 2.05) is 19.0 Å². The number of phenols is 1. The molecule has 0 spiro atoms. The van der Waals surface area contributed by atoms with E-state index in [1.165, 1.54) is 6.07 Å². The predicted octanol–water partition coefficient (Wildman–Crippen LogP) is 1.09. The average Bonchev–Trinajstić information content (AvgIpc) is 2.09. The van der Waals surface area contributed by atoms with E-state index < -0.39 is 5.82 Å². The summed E-state index contributed by atoms with van der Waals surface area (Å²) in [4.78, 5) is 1.82. The van der Waals surface area contributed by atoms with Crippen LogP contribution in [0, 0.1) is 5.82 Å². The zero-order chi connectivity index (χ0) is 10.7. The smallest absolute Gasteiger partial charge is 0.125 e. The molecule has 78 valence electrons. The molecule has 0 aliphatic rings. The quantitative estimate of drug-likeness (QED) is 0.765. The fourth-order valence-corrected chi connectivity index (χ4v) is 1.30. The minimum Gasteiger partial charge on any atom is -0.507 e. The first-order valence-corrected chi connectivity index (χ1v) is 4.30. The summed E-state index contributed by atoms with van der Waals surface area (Å²) in [6, 6.07) is 2.41. The van der Waals surface area contributed by atoms with Gasteiger partial charge in [-0.05, 0) is 26.2 Å². The normalized spacial score (nSPS) is 10.9. The molecule has 0 atom stereocenters. The highest BCUT2D eigenvalue weighted by atomic mass is 19.1. The van der Waals surface area contributed by atoms with Crippen molar-refractivity contribution in [3.05, 3.63) is 29.1 Å². The van der Waals surface area contributed by atoms with Crippen molar-refractivity contribution in [3.63, 3.8) is 0 Å². The largest absolute Gasteiger partial charge is 0.507 e. The first-order chi connectivity index (χ1) is 6.54. The van der Waals surface area contributed by atoms with Crippen LogP contribution in [0.3, 0.4) is 0 Å². The van der Waals surface area contributed by atoms with E-state index in [0.717, 1.165) is 6.07 Å². The van der Waals surface area contributed by atoms with Gasteiger partial charge in [0.25, 0.3) is 0 Å². The second kappa shape index (κ2) is 4.39. The number of hydrogen-bond donors (Lipinski definition) is 2. The standard InChI is InChI=1S/C10H14FNO2/c1-12(2)5-7-3-9(11)4-8(6-13)10(7)14/h3-4,13-14H,5-6H2,1-2H3. The van der Waals surface area contributed by atoms with Crippen molar-refractivity contribution in [1.82, 2.24) is 4.90 Å². The third kappa shape index (κ3) is 2.43. The lowest BCUT2D eigenvalue weighted by Gasteiger charge is -2.13. The third-order valence-electron chi connectivity index (χ3n) is 1.89. The molecule has 1 aromatic rings. The molecule has 0 aliphatic carbocycles. The van der Waals surface area contributed by atoms with Gasteiger partial charge in [-0.1, -0.05) is 0 Å². The van der Waals surface area contributed by atoms with E-state index in [0.29, 0.717) is 12.1 Å². The minimum atomic E-state index is -0.441. The van der Waals surface area contributed by atoms with Gasteiger partial charge in [-0.2, -0.15) is 0 Å².